The van der Waals surface area contributed by atoms with Crippen molar-refractivity contribution in [3.63, 3.8) is 0 Å². The topological polar surface area (TPSA) is 94.1 Å². The van der Waals surface area contributed by atoms with Crippen LogP contribution in [-0.4, -0.2) is 55.7 Å². The second-order valence-electron chi connectivity index (χ2n) is 14.6. The van der Waals surface area contributed by atoms with E-state index in [0.717, 1.165) is 57.8 Å². The summed E-state index contributed by atoms with van der Waals surface area (Å²) in [5.74, 6) is 0.171. The van der Waals surface area contributed by atoms with Crippen LogP contribution in [0.3, 0.4) is 0 Å². The summed E-state index contributed by atoms with van der Waals surface area (Å²) in [5.41, 5.74) is 0. The highest BCUT2D eigenvalue weighted by atomic mass is 16.5. The van der Waals surface area contributed by atoms with Gasteiger partial charge < -0.3 is 19.3 Å². The molecule has 0 aromatic heterocycles. The lowest BCUT2D eigenvalue weighted by Gasteiger charge is -2.24. The van der Waals surface area contributed by atoms with Gasteiger partial charge in [0, 0.05) is 6.42 Å². The summed E-state index contributed by atoms with van der Waals surface area (Å²) >= 11 is 0. The van der Waals surface area contributed by atoms with Crippen LogP contribution in [0.25, 0.3) is 0 Å². The largest absolute Gasteiger partial charge is 0.466 e. The summed E-state index contributed by atoms with van der Waals surface area (Å²) in [6, 6.07) is -0.427. The highest BCUT2D eigenvalue weighted by Gasteiger charge is 2.23. The molecule has 7 heteroatoms. The van der Waals surface area contributed by atoms with Crippen molar-refractivity contribution >= 4 is 11.9 Å². The van der Waals surface area contributed by atoms with Crippen LogP contribution in [0.15, 0.2) is 0 Å². The van der Waals surface area contributed by atoms with Gasteiger partial charge >= 0.3 is 11.9 Å². The third-order valence-corrected chi connectivity index (χ3v) is 9.71. The molecular weight excluding hydrogens is 614 g/mol. The van der Waals surface area contributed by atoms with Crippen molar-refractivity contribution in [2.24, 2.45) is 5.92 Å². The van der Waals surface area contributed by atoms with E-state index in [1.807, 2.05) is 6.92 Å². The number of nitrogens with one attached hydrogen (secondary N) is 1. The van der Waals surface area contributed by atoms with Crippen molar-refractivity contribution in [3.05, 3.63) is 0 Å². The minimum Gasteiger partial charge on any atom is -0.466 e. The van der Waals surface area contributed by atoms with Crippen molar-refractivity contribution < 1.29 is 28.9 Å². The van der Waals surface area contributed by atoms with Gasteiger partial charge in [-0.3, -0.25) is 14.9 Å². The summed E-state index contributed by atoms with van der Waals surface area (Å²) < 4.78 is 17.1. The summed E-state index contributed by atoms with van der Waals surface area (Å²) in [4.78, 5) is 25.5. The van der Waals surface area contributed by atoms with Crippen molar-refractivity contribution in [3.8, 4) is 0 Å². The van der Waals surface area contributed by atoms with Gasteiger partial charge in [0.05, 0.1) is 26.4 Å². The fourth-order valence-electron chi connectivity index (χ4n) is 6.51. The SMILES string of the molecule is CCCCCCCCCCOC(=O)CCCCCCCC(NC(C)OCCO)C(=O)OCC(CCCCCCCC)CCCCCCCC. The zero-order chi connectivity index (χ0) is 36.0. The number of hydrogen-bond acceptors (Lipinski definition) is 7. The molecule has 0 bridgehead atoms. The average molecular weight is 698 g/mol. The van der Waals surface area contributed by atoms with Crippen LogP contribution in [-0.2, 0) is 23.8 Å². The van der Waals surface area contributed by atoms with Gasteiger partial charge in [-0.25, -0.2) is 0 Å². The van der Waals surface area contributed by atoms with E-state index in [9.17, 15) is 14.7 Å². The first kappa shape index (κ1) is 47.8. The van der Waals surface area contributed by atoms with Crippen molar-refractivity contribution in [2.45, 2.75) is 226 Å². The monoisotopic (exact) mass is 698 g/mol. The van der Waals surface area contributed by atoms with Gasteiger partial charge in [0.25, 0.3) is 0 Å². The Bertz CT molecular complexity index is 689. The molecule has 2 atom stereocenters. The molecule has 0 amide bonds. The molecule has 0 aromatic carbocycles. The first-order valence-corrected chi connectivity index (χ1v) is 21.3. The van der Waals surface area contributed by atoms with E-state index in [4.69, 9.17) is 14.2 Å². The van der Waals surface area contributed by atoms with E-state index in [1.54, 1.807) is 0 Å². The van der Waals surface area contributed by atoms with Crippen LogP contribution < -0.4 is 5.32 Å². The Hall–Kier alpha value is -1.18. The molecule has 0 aliphatic carbocycles. The zero-order valence-corrected chi connectivity index (χ0v) is 33.1. The number of unbranched alkanes of at least 4 members (excludes halogenated alkanes) is 21. The highest BCUT2D eigenvalue weighted by Crippen LogP contribution is 2.21. The molecule has 0 aliphatic heterocycles. The van der Waals surface area contributed by atoms with Crippen LogP contribution in [0.4, 0.5) is 0 Å². The van der Waals surface area contributed by atoms with E-state index >= 15 is 0 Å². The number of esters is 2. The molecular formula is C42H83NO6. The minimum absolute atomic E-state index is 0.0492. The van der Waals surface area contributed by atoms with Gasteiger partial charge in [-0.15, -0.1) is 0 Å². The van der Waals surface area contributed by atoms with Crippen LogP contribution >= 0.6 is 0 Å². The Morgan fingerprint density at radius 2 is 1.00 bits per heavy atom. The number of carbonyl (C=O) groups excluding carboxylic acids is 2. The lowest BCUT2D eigenvalue weighted by Crippen LogP contribution is -2.44. The Morgan fingerprint density at radius 3 is 1.51 bits per heavy atom. The number of rotatable bonds is 39. The molecule has 2 unspecified atom stereocenters. The summed E-state index contributed by atoms with van der Waals surface area (Å²) in [7, 11) is 0. The highest BCUT2D eigenvalue weighted by molar-refractivity contribution is 5.75. The van der Waals surface area contributed by atoms with E-state index in [2.05, 4.69) is 26.1 Å². The van der Waals surface area contributed by atoms with Gasteiger partial charge in [-0.1, -0.05) is 168 Å². The summed E-state index contributed by atoms with van der Waals surface area (Å²) in [6.45, 7) is 9.87. The lowest BCUT2D eigenvalue weighted by atomic mass is 9.94. The molecule has 292 valence electrons. The summed E-state index contributed by atoms with van der Waals surface area (Å²) in [5, 5.41) is 12.5. The Labute approximate surface area is 304 Å². The maximum Gasteiger partial charge on any atom is 0.323 e. The second kappa shape index (κ2) is 38.1. The van der Waals surface area contributed by atoms with Gasteiger partial charge in [0.2, 0.25) is 0 Å². The predicted octanol–water partition coefficient (Wildman–Crippen LogP) is 11.4. The Balaban J connectivity index is 4.53. The smallest absolute Gasteiger partial charge is 0.323 e. The van der Waals surface area contributed by atoms with Gasteiger partial charge in [-0.05, 0) is 44.9 Å². The van der Waals surface area contributed by atoms with Gasteiger partial charge in [-0.2, -0.15) is 0 Å². The molecule has 0 aromatic rings. The number of ether oxygens (including phenoxy) is 3. The zero-order valence-electron chi connectivity index (χ0n) is 33.1. The predicted molar refractivity (Wildman–Crippen MR) is 206 cm³/mol. The number of hydrogen-bond donors (Lipinski definition) is 2. The molecule has 0 saturated heterocycles. The Kier molecular flexibility index (Phi) is 37.1. The van der Waals surface area contributed by atoms with Crippen molar-refractivity contribution in [2.75, 3.05) is 26.4 Å². The first-order valence-electron chi connectivity index (χ1n) is 21.3. The quantitative estimate of drug-likeness (QED) is 0.0375. The van der Waals surface area contributed by atoms with Gasteiger partial charge in [0.1, 0.15) is 12.3 Å². The minimum atomic E-state index is -0.427. The number of carbonyl (C=O) groups is 2. The van der Waals surface area contributed by atoms with E-state index < -0.39 is 6.04 Å². The number of aliphatic hydroxyl groups excluding tert-OH is 1. The molecule has 0 heterocycles. The average Bonchev–Trinajstić information content (AvgIpc) is 3.10. The van der Waals surface area contributed by atoms with E-state index in [-0.39, 0.29) is 31.4 Å². The maximum atomic E-state index is 13.4. The Morgan fingerprint density at radius 1 is 0.551 bits per heavy atom. The van der Waals surface area contributed by atoms with Crippen molar-refractivity contribution in [1.82, 2.24) is 5.32 Å². The first-order chi connectivity index (χ1) is 24.0. The molecule has 0 radical (unpaired) electrons. The fraction of sp³-hybridized carbons (Fsp3) is 0.952. The van der Waals surface area contributed by atoms with Gasteiger partial charge in [0.15, 0.2) is 0 Å². The molecule has 0 fully saturated rings. The molecule has 0 saturated carbocycles. The molecule has 2 N–H and O–H groups in total. The van der Waals surface area contributed by atoms with Crippen LogP contribution in [0, 0.1) is 5.92 Å². The molecule has 49 heavy (non-hydrogen) atoms. The molecule has 0 spiro atoms. The van der Waals surface area contributed by atoms with Crippen molar-refractivity contribution in [1.29, 1.82) is 0 Å². The molecule has 0 aliphatic rings. The van der Waals surface area contributed by atoms with E-state index in [0.29, 0.717) is 32.0 Å². The fourth-order valence-corrected chi connectivity index (χ4v) is 6.51. The van der Waals surface area contributed by atoms with E-state index in [1.165, 1.54) is 116 Å². The van der Waals surface area contributed by atoms with Crippen LogP contribution in [0.1, 0.15) is 214 Å². The standard InChI is InChI=1S/C42H83NO6/c1-5-8-11-14-17-18-24-29-35-48-41(45)33-28-23-19-22-27-32-40(43-38(4)47-36-34-44)42(46)49-37-39(30-25-20-15-12-9-6-2)31-26-21-16-13-10-7-3/h38-40,43-44H,5-37H2,1-4H3. The molecule has 7 nitrogen and oxygen atoms in total. The molecule has 0 rings (SSSR count). The lowest BCUT2D eigenvalue weighted by molar-refractivity contribution is -0.149. The van der Waals surface area contributed by atoms with Crippen LogP contribution in [0.2, 0.25) is 0 Å². The number of aliphatic hydroxyl groups is 1. The normalized spacial score (nSPS) is 12.8. The maximum absolute atomic E-state index is 13.4. The third-order valence-electron chi connectivity index (χ3n) is 9.71. The second-order valence-corrected chi connectivity index (χ2v) is 14.6. The summed E-state index contributed by atoms with van der Waals surface area (Å²) in [6.07, 6.45) is 33.2. The van der Waals surface area contributed by atoms with Crippen LogP contribution in [0.5, 0.6) is 0 Å². The third kappa shape index (κ3) is 33.7.